The SMILES string of the molecule is O=C1CCC(N2Cc3cccc(CN4CCCCNCC(F)(F)C4)c3C2=O)C(=O)N1. The number of alkyl halides is 2. The Kier molecular flexibility index (Phi) is 5.84. The smallest absolute Gasteiger partial charge is 0.272 e. The van der Waals surface area contributed by atoms with E-state index in [1.54, 1.807) is 11.0 Å². The Hall–Kier alpha value is -2.39. The van der Waals surface area contributed by atoms with Crippen molar-refractivity contribution in [3.05, 3.63) is 34.9 Å². The van der Waals surface area contributed by atoms with E-state index in [4.69, 9.17) is 0 Å². The lowest BCUT2D eigenvalue weighted by Gasteiger charge is -2.29. The number of nitrogens with zero attached hydrogens (tertiary/aromatic N) is 2. The van der Waals surface area contributed by atoms with Gasteiger partial charge in [-0.05, 0) is 43.5 Å². The number of hydrogen-bond acceptors (Lipinski definition) is 5. The van der Waals surface area contributed by atoms with E-state index in [1.165, 1.54) is 4.90 Å². The van der Waals surface area contributed by atoms with Gasteiger partial charge >= 0.3 is 0 Å². The van der Waals surface area contributed by atoms with Crippen molar-refractivity contribution in [2.75, 3.05) is 26.2 Å². The van der Waals surface area contributed by atoms with Crippen LogP contribution in [-0.4, -0.2) is 65.7 Å². The van der Waals surface area contributed by atoms with E-state index < -0.39 is 17.9 Å². The van der Waals surface area contributed by atoms with Crippen molar-refractivity contribution in [1.29, 1.82) is 0 Å². The van der Waals surface area contributed by atoms with Gasteiger partial charge in [-0.2, -0.15) is 0 Å². The average molecular weight is 420 g/mol. The number of benzene rings is 1. The lowest BCUT2D eigenvalue weighted by atomic mass is 10.0. The highest BCUT2D eigenvalue weighted by molar-refractivity contribution is 6.05. The van der Waals surface area contributed by atoms with Crippen LogP contribution in [0, 0.1) is 0 Å². The van der Waals surface area contributed by atoms with Crippen LogP contribution in [-0.2, 0) is 22.7 Å². The molecule has 3 heterocycles. The van der Waals surface area contributed by atoms with Gasteiger partial charge in [-0.1, -0.05) is 18.2 Å². The molecule has 2 saturated heterocycles. The zero-order valence-electron chi connectivity index (χ0n) is 16.8. The molecule has 0 saturated carbocycles. The van der Waals surface area contributed by atoms with Gasteiger partial charge in [-0.3, -0.25) is 24.6 Å². The van der Waals surface area contributed by atoms with Gasteiger partial charge in [0.25, 0.3) is 11.8 Å². The number of piperidine rings is 1. The fourth-order valence-corrected chi connectivity index (χ4v) is 4.52. The van der Waals surface area contributed by atoms with E-state index in [1.807, 2.05) is 12.1 Å². The zero-order chi connectivity index (χ0) is 21.3. The van der Waals surface area contributed by atoms with Crippen molar-refractivity contribution in [2.45, 2.75) is 50.7 Å². The second kappa shape index (κ2) is 8.39. The van der Waals surface area contributed by atoms with Crippen LogP contribution >= 0.6 is 0 Å². The Labute approximate surface area is 173 Å². The maximum absolute atomic E-state index is 14.3. The number of halogens is 2. The lowest BCUT2D eigenvalue weighted by Crippen LogP contribution is -2.52. The molecule has 0 aliphatic carbocycles. The van der Waals surface area contributed by atoms with Crippen LogP contribution in [0.3, 0.4) is 0 Å². The van der Waals surface area contributed by atoms with Crippen LogP contribution < -0.4 is 10.6 Å². The van der Waals surface area contributed by atoms with E-state index in [9.17, 15) is 23.2 Å². The standard InChI is InChI=1S/C21H26F2N4O3/c22-21(23)12-24-8-1-2-9-26(13-21)10-14-4-3-5-15-11-27(20(30)18(14)15)16-6-7-17(28)25-19(16)29/h3-5,16,24H,1-2,6-13H2,(H,25,28,29). The van der Waals surface area contributed by atoms with Crippen molar-refractivity contribution in [2.24, 2.45) is 0 Å². The summed E-state index contributed by atoms with van der Waals surface area (Å²) < 4.78 is 28.5. The number of fused-ring (bicyclic) bond motifs is 1. The number of imide groups is 1. The molecule has 3 aliphatic rings. The summed E-state index contributed by atoms with van der Waals surface area (Å²) in [7, 11) is 0. The molecule has 1 aromatic carbocycles. The van der Waals surface area contributed by atoms with Crippen LogP contribution in [0.5, 0.6) is 0 Å². The van der Waals surface area contributed by atoms with E-state index >= 15 is 0 Å². The van der Waals surface area contributed by atoms with Gasteiger partial charge in [0.15, 0.2) is 0 Å². The van der Waals surface area contributed by atoms with E-state index in [2.05, 4.69) is 10.6 Å². The van der Waals surface area contributed by atoms with Crippen molar-refractivity contribution < 1.29 is 23.2 Å². The summed E-state index contributed by atoms with van der Waals surface area (Å²) in [4.78, 5) is 40.1. The molecule has 1 aromatic rings. The molecule has 4 rings (SSSR count). The van der Waals surface area contributed by atoms with E-state index in [-0.39, 0.29) is 44.4 Å². The van der Waals surface area contributed by atoms with Gasteiger partial charge in [-0.25, -0.2) is 8.78 Å². The summed E-state index contributed by atoms with van der Waals surface area (Å²) in [6, 6.07) is 4.77. The van der Waals surface area contributed by atoms with Crippen molar-refractivity contribution >= 4 is 17.7 Å². The van der Waals surface area contributed by atoms with Gasteiger partial charge in [-0.15, -0.1) is 0 Å². The van der Waals surface area contributed by atoms with Gasteiger partial charge in [0.2, 0.25) is 11.8 Å². The molecule has 0 radical (unpaired) electrons. The largest absolute Gasteiger partial charge is 0.322 e. The third-order valence-corrected chi connectivity index (χ3v) is 5.95. The van der Waals surface area contributed by atoms with E-state index in [0.717, 1.165) is 18.4 Å². The van der Waals surface area contributed by atoms with Gasteiger partial charge < -0.3 is 10.2 Å². The summed E-state index contributed by atoms with van der Waals surface area (Å²) in [6.07, 6.45) is 2.11. The summed E-state index contributed by atoms with van der Waals surface area (Å²) in [5.74, 6) is -3.90. The summed E-state index contributed by atoms with van der Waals surface area (Å²) in [6.45, 7) is 0.935. The molecular weight excluding hydrogens is 394 g/mol. The maximum atomic E-state index is 14.3. The van der Waals surface area contributed by atoms with E-state index in [0.29, 0.717) is 30.6 Å². The van der Waals surface area contributed by atoms with Gasteiger partial charge in [0.05, 0.1) is 13.1 Å². The fraction of sp³-hybridized carbons (Fsp3) is 0.571. The molecule has 162 valence electrons. The summed E-state index contributed by atoms with van der Waals surface area (Å²) >= 11 is 0. The third kappa shape index (κ3) is 4.37. The first-order valence-electron chi connectivity index (χ1n) is 10.4. The number of nitrogens with one attached hydrogen (secondary N) is 2. The number of carbonyl (C=O) groups is 3. The Morgan fingerprint density at radius 3 is 2.80 bits per heavy atom. The summed E-state index contributed by atoms with van der Waals surface area (Å²) in [5.41, 5.74) is 2.00. The molecule has 3 aliphatic heterocycles. The second-order valence-corrected chi connectivity index (χ2v) is 8.30. The molecule has 2 fully saturated rings. The first kappa shape index (κ1) is 20.9. The van der Waals surface area contributed by atoms with Crippen molar-refractivity contribution in [3.8, 4) is 0 Å². The molecule has 3 amide bonds. The third-order valence-electron chi connectivity index (χ3n) is 5.95. The highest BCUT2D eigenvalue weighted by atomic mass is 19.3. The number of rotatable bonds is 3. The topological polar surface area (TPSA) is 81.8 Å². The van der Waals surface area contributed by atoms with Crippen molar-refractivity contribution in [3.63, 3.8) is 0 Å². The molecule has 9 heteroatoms. The Morgan fingerprint density at radius 2 is 2.00 bits per heavy atom. The molecule has 1 unspecified atom stereocenters. The van der Waals surface area contributed by atoms with Crippen LogP contribution in [0.1, 0.15) is 47.2 Å². The molecule has 0 aromatic heterocycles. The second-order valence-electron chi connectivity index (χ2n) is 8.30. The quantitative estimate of drug-likeness (QED) is 0.720. The average Bonchev–Trinajstić information content (AvgIpc) is 3.04. The lowest BCUT2D eigenvalue weighted by molar-refractivity contribution is -0.136. The minimum absolute atomic E-state index is 0.195. The Balaban J connectivity index is 1.54. The predicted octanol–water partition coefficient (Wildman–Crippen LogP) is 1.27. The molecule has 0 bridgehead atoms. The molecule has 0 spiro atoms. The number of amides is 3. The summed E-state index contributed by atoms with van der Waals surface area (Å²) in [5, 5.41) is 5.09. The highest BCUT2D eigenvalue weighted by Crippen LogP contribution is 2.31. The molecular formula is C21H26F2N4O3. The number of hydrogen-bond donors (Lipinski definition) is 2. The van der Waals surface area contributed by atoms with Crippen molar-refractivity contribution in [1.82, 2.24) is 20.4 Å². The molecule has 30 heavy (non-hydrogen) atoms. The number of carbonyl (C=O) groups excluding carboxylic acids is 3. The Bertz CT molecular complexity index is 861. The Morgan fingerprint density at radius 1 is 1.17 bits per heavy atom. The minimum Gasteiger partial charge on any atom is -0.322 e. The monoisotopic (exact) mass is 420 g/mol. The van der Waals surface area contributed by atoms with Crippen LogP contribution in [0.2, 0.25) is 0 Å². The van der Waals surface area contributed by atoms with Gasteiger partial charge in [0, 0.05) is 25.1 Å². The predicted molar refractivity (Wildman–Crippen MR) is 105 cm³/mol. The van der Waals surface area contributed by atoms with Crippen LogP contribution in [0.4, 0.5) is 8.78 Å². The normalized spacial score (nSPS) is 25.3. The van der Waals surface area contributed by atoms with Crippen LogP contribution in [0.15, 0.2) is 18.2 Å². The molecule has 7 nitrogen and oxygen atoms in total. The molecule has 1 atom stereocenters. The molecule has 2 N–H and O–H groups in total. The first-order chi connectivity index (χ1) is 14.3. The first-order valence-corrected chi connectivity index (χ1v) is 10.4. The van der Waals surface area contributed by atoms with Gasteiger partial charge in [0.1, 0.15) is 6.04 Å². The van der Waals surface area contributed by atoms with Crippen LogP contribution in [0.25, 0.3) is 0 Å². The highest BCUT2D eigenvalue weighted by Gasteiger charge is 2.40. The zero-order valence-corrected chi connectivity index (χ0v) is 16.8. The maximum Gasteiger partial charge on any atom is 0.272 e. The fourth-order valence-electron chi connectivity index (χ4n) is 4.52. The minimum atomic E-state index is -2.84.